The third-order valence-corrected chi connectivity index (χ3v) is 4.75. The van der Waals surface area contributed by atoms with Crippen molar-refractivity contribution in [3.8, 4) is 11.3 Å². The quantitative estimate of drug-likeness (QED) is 0.412. The van der Waals surface area contributed by atoms with Gasteiger partial charge >= 0.3 is 0 Å². The number of nitrogens with zero attached hydrogens (tertiary/aromatic N) is 2. The molecule has 29 heavy (non-hydrogen) atoms. The van der Waals surface area contributed by atoms with Gasteiger partial charge in [0, 0.05) is 30.5 Å². The fraction of sp³-hybridized carbons (Fsp3) is 0.273. The Kier molecular flexibility index (Phi) is 8.21. The molecular formula is C22H26ClFN4O. The molecular weight excluding hydrogens is 391 g/mol. The first-order valence-electron chi connectivity index (χ1n) is 9.45. The molecule has 1 aromatic heterocycles. The second-order valence-corrected chi connectivity index (χ2v) is 6.91. The van der Waals surface area contributed by atoms with Crippen molar-refractivity contribution in [2.45, 2.75) is 25.7 Å². The number of aromatic nitrogens is 2. The lowest BCUT2D eigenvalue weighted by atomic mass is 10.1. The van der Waals surface area contributed by atoms with Crippen LogP contribution in [0.2, 0.25) is 0 Å². The number of halogens is 2. The number of H-pyrrole nitrogens is 1. The highest BCUT2D eigenvalue weighted by atomic mass is 35.5. The molecule has 0 saturated carbocycles. The van der Waals surface area contributed by atoms with Gasteiger partial charge in [-0.25, -0.2) is 4.39 Å². The summed E-state index contributed by atoms with van der Waals surface area (Å²) in [6, 6.07) is 15.5. The molecule has 3 rings (SSSR count). The summed E-state index contributed by atoms with van der Waals surface area (Å²) in [7, 11) is 1.80. The average molecular weight is 417 g/mol. The molecule has 3 N–H and O–H groups in total. The highest BCUT2D eigenvalue weighted by molar-refractivity contribution is 5.98. The summed E-state index contributed by atoms with van der Waals surface area (Å²) in [5.74, 6) is -0.298. The fourth-order valence-electron chi connectivity index (χ4n) is 3.10. The van der Waals surface area contributed by atoms with Crippen LogP contribution in [0.1, 0.15) is 35.3 Å². The highest BCUT2D eigenvalue weighted by Crippen LogP contribution is 2.19. The zero-order valence-electron chi connectivity index (χ0n) is 16.4. The van der Waals surface area contributed by atoms with Crippen molar-refractivity contribution < 1.29 is 9.18 Å². The number of hydrogen-bond donors (Lipinski definition) is 2. The Labute approximate surface area is 176 Å². The number of amides is 1. The Bertz CT molecular complexity index is 927. The van der Waals surface area contributed by atoms with Crippen LogP contribution in [0.5, 0.6) is 0 Å². The van der Waals surface area contributed by atoms with Crippen molar-refractivity contribution in [3.05, 3.63) is 71.7 Å². The van der Waals surface area contributed by atoms with Crippen molar-refractivity contribution in [1.29, 1.82) is 0 Å². The van der Waals surface area contributed by atoms with Gasteiger partial charge in [-0.2, -0.15) is 5.10 Å². The number of para-hydroxylation sites is 1. The van der Waals surface area contributed by atoms with Gasteiger partial charge in [-0.1, -0.05) is 18.6 Å². The largest absolute Gasteiger partial charge is 0.398 e. The van der Waals surface area contributed by atoms with Crippen molar-refractivity contribution in [3.63, 3.8) is 0 Å². The van der Waals surface area contributed by atoms with E-state index in [1.165, 1.54) is 12.1 Å². The van der Waals surface area contributed by atoms with Crippen LogP contribution in [-0.4, -0.2) is 34.6 Å². The standard InChI is InChI=1S/C22H25FN4O.ClH/c1-27(22(28)19-8-4-5-9-20(19)24)14-6-2-3-7-18-15-21(26-25-18)16-10-12-17(23)13-11-16;/h4-5,8-13,15H,2-3,6-7,14,24H2,1H3,(H,25,26);1H. The third-order valence-electron chi connectivity index (χ3n) is 4.75. The first kappa shape index (κ1) is 22.4. The van der Waals surface area contributed by atoms with E-state index in [0.717, 1.165) is 42.6 Å². The normalized spacial score (nSPS) is 10.4. The molecule has 0 aliphatic heterocycles. The fourth-order valence-corrected chi connectivity index (χ4v) is 3.10. The van der Waals surface area contributed by atoms with Gasteiger partial charge in [-0.15, -0.1) is 12.4 Å². The molecule has 0 aliphatic rings. The van der Waals surface area contributed by atoms with Crippen molar-refractivity contribution in [2.24, 2.45) is 0 Å². The number of benzene rings is 2. The van der Waals surface area contributed by atoms with Gasteiger partial charge in [0.25, 0.3) is 5.91 Å². The van der Waals surface area contributed by atoms with Gasteiger partial charge in [0.05, 0.1) is 11.3 Å². The Morgan fingerprint density at radius 1 is 1.10 bits per heavy atom. The molecule has 0 saturated heterocycles. The molecule has 0 aliphatic carbocycles. The van der Waals surface area contributed by atoms with E-state index in [2.05, 4.69) is 10.2 Å². The number of aryl methyl sites for hydroxylation is 1. The number of hydrogen-bond acceptors (Lipinski definition) is 3. The number of aromatic amines is 1. The van der Waals surface area contributed by atoms with Crippen molar-refractivity contribution in [1.82, 2.24) is 15.1 Å². The molecule has 7 heteroatoms. The van der Waals surface area contributed by atoms with Crippen molar-refractivity contribution >= 4 is 24.0 Å². The van der Waals surface area contributed by atoms with E-state index in [9.17, 15) is 9.18 Å². The molecule has 154 valence electrons. The summed E-state index contributed by atoms with van der Waals surface area (Å²) in [5, 5.41) is 7.34. The summed E-state index contributed by atoms with van der Waals surface area (Å²) in [4.78, 5) is 14.1. The minimum absolute atomic E-state index is 0. The second kappa shape index (κ2) is 10.6. The lowest BCUT2D eigenvalue weighted by Gasteiger charge is -2.18. The van der Waals surface area contributed by atoms with E-state index in [1.54, 1.807) is 36.2 Å². The molecule has 0 radical (unpaired) electrons. The number of nitrogens with one attached hydrogen (secondary N) is 1. The number of nitrogens with two attached hydrogens (primary N) is 1. The molecule has 5 nitrogen and oxygen atoms in total. The number of anilines is 1. The van der Waals surface area contributed by atoms with E-state index in [0.29, 0.717) is 17.8 Å². The lowest BCUT2D eigenvalue weighted by molar-refractivity contribution is 0.0793. The first-order chi connectivity index (χ1) is 13.5. The predicted octanol–water partition coefficient (Wildman–Crippen LogP) is 4.70. The molecule has 1 heterocycles. The number of carbonyl (C=O) groups excluding carboxylic acids is 1. The Hall–Kier alpha value is -2.86. The van der Waals surface area contributed by atoms with Crippen molar-refractivity contribution in [2.75, 3.05) is 19.3 Å². The van der Waals surface area contributed by atoms with Crippen LogP contribution in [0, 0.1) is 5.82 Å². The molecule has 2 aromatic carbocycles. The summed E-state index contributed by atoms with van der Waals surface area (Å²) in [5.41, 5.74) is 9.71. The van der Waals surface area contributed by atoms with E-state index < -0.39 is 0 Å². The zero-order valence-corrected chi connectivity index (χ0v) is 17.2. The number of rotatable bonds is 8. The number of unbranched alkanes of at least 4 members (excludes halogenated alkanes) is 2. The number of carbonyl (C=O) groups is 1. The van der Waals surface area contributed by atoms with Gasteiger partial charge in [0.15, 0.2) is 0 Å². The third kappa shape index (κ3) is 6.06. The Morgan fingerprint density at radius 3 is 2.55 bits per heavy atom. The summed E-state index contributed by atoms with van der Waals surface area (Å²) >= 11 is 0. The Balaban J connectivity index is 0.00000300. The van der Waals surface area contributed by atoms with Crippen LogP contribution in [0.25, 0.3) is 11.3 Å². The average Bonchev–Trinajstić information content (AvgIpc) is 3.17. The molecule has 0 atom stereocenters. The molecule has 0 spiro atoms. The van der Waals surface area contributed by atoms with Crippen LogP contribution in [0.15, 0.2) is 54.6 Å². The minimum atomic E-state index is -0.252. The predicted molar refractivity (Wildman–Crippen MR) is 117 cm³/mol. The zero-order chi connectivity index (χ0) is 19.9. The monoisotopic (exact) mass is 416 g/mol. The van der Waals surface area contributed by atoms with Crippen LogP contribution >= 0.6 is 12.4 Å². The molecule has 0 bridgehead atoms. The van der Waals surface area contributed by atoms with Crippen LogP contribution in [0.4, 0.5) is 10.1 Å². The summed E-state index contributed by atoms with van der Waals surface area (Å²) in [6.45, 7) is 0.691. The van der Waals surface area contributed by atoms with E-state index >= 15 is 0 Å². The highest BCUT2D eigenvalue weighted by Gasteiger charge is 2.13. The number of nitrogen functional groups attached to an aromatic ring is 1. The molecule has 0 fully saturated rings. The van der Waals surface area contributed by atoms with Crippen LogP contribution in [0.3, 0.4) is 0 Å². The van der Waals surface area contributed by atoms with E-state index in [-0.39, 0.29) is 24.1 Å². The van der Waals surface area contributed by atoms with Gasteiger partial charge in [-0.05, 0) is 61.7 Å². The maximum absolute atomic E-state index is 13.0. The topological polar surface area (TPSA) is 75.0 Å². The SMILES string of the molecule is CN(CCCCCc1cc(-c2ccc(F)cc2)n[nH]1)C(=O)c1ccccc1N.Cl. The van der Waals surface area contributed by atoms with E-state index in [1.807, 2.05) is 18.2 Å². The van der Waals surface area contributed by atoms with Gasteiger partial charge in [-0.3, -0.25) is 9.89 Å². The maximum atomic E-state index is 13.0. The molecule has 0 unspecified atom stereocenters. The maximum Gasteiger partial charge on any atom is 0.255 e. The Morgan fingerprint density at radius 2 is 1.83 bits per heavy atom. The van der Waals surface area contributed by atoms with Crippen LogP contribution in [-0.2, 0) is 6.42 Å². The smallest absolute Gasteiger partial charge is 0.255 e. The van der Waals surface area contributed by atoms with Crippen LogP contribution < -0.4 is 5.73 Å². The second-order valence-electron chi connectivity index (χ2n) is 6.91. The van der Waals surface area contributed by atoms with Gasteiger partial charge < -0.3 is 10.6 Å². The summed E-state index contributed by atoms with van der Waals surface area (Å²) < 4.78 is 13.0. The minimum Gasteiger partial charge on any atom is -0.398 e. The molecule has 1 amide bonds. The van der Waals surface area contributed by atoms with Gasteiger partial charge in [0.1, 0.15) is 5.82 Å². The van der Waals surface area contributed by atoms with E-state index in [4.69, 9.17) is 5.73 Å². The summed E-state index contributed by atoms with van der Waals surface area (Å²) in [6.07, 6.45) is 3.82. The van der Waals surface area contributed by atoms with Gasteiger partial charge in [0.2, 0.25) is 0 Å². The lowest BCUT2D eigenvalue weighted by Crippen LogP contribution is -2.28. The first-order valence-corrected chi connectivity index (χ1v) is 9.45. The molecule has 3 aromatic rings.